The van der Waals surface area contributed by atoms with Gasteiger partial charge in [0.2, 0.25) is 0 Å². The first kappa shape index (κ1) is 18.9. The van der Waals surface area contributed by atoms with Crippen LogP contribution in [0, 0.1) is 39.9 Å². The summed E-state index contributed by atoms with van der Waals surface area (Å²) >= 11 is 0. The highest BCUT2D eigenvalue weighted by Gasteiger charge is 2.80. The molecule has 0 amide bonds. The molecule has 3 unspecified atom stereocenters. The third-order valence-electron chi connectivity index (χ3n) is 10.3. The molecule has 0 aliphatic heterocycles. The van der Waals surface area contributed by atoms with Crippen molar-refractivity contribution < 1.29 is 24.2 Å². The van der Waals surface area contributed by atoms with Gasteiger partial charge in [-0.15, -0.1) is 0 Å². The molecular formula is C23H34O5. The Balaban J connectivity index is 1.39. The van der Waals surface area contributed by atoms with Gasteiger partial charge in [0, 0.05) is 11.8 Å². The number of methoxy groups -OCH3 is 1. The molecule has 156 valence electrons. The second-order valence-electron chi connectivity index (χ2n) is 10.7. The number of hydrogen-bond donors (Lipinski definition) is 1. The zero-order valence-electron chi connectivity index (χ0n) is 17.4. The van der Waals surface area contributed by atoms with Gasteiger partial charge >= 0.3 is 6.16 Å². The normalized spacial score (nSPS) is 54.1. The summed E-state index contributed by atoms with van der Waals surface area (Å²) in [5.74, 6) is 1.99. The van der Waals surface area contributed by atoms with Gasteiger partial charge in [-0.2, -0.15) is 0 Å². The second-order valence-corrected chi connectivity index (χ2v) is 10.7. The third-order valence-corrected chi connectivity index (χ3v) is 10.3. The van der Waals surface area contributed by atoms with Gasteiger partial charge in [-0.1, -0.05) is 13.8 Å². The van der Waals surface area contributed by atoms with Gasteiger partial charge in [0.05, 0.1) is 13.2 Å². The van der Waals surface area contributed by atoms with Gasteiger partial charge in [-0.25, -0.2) is 4.79 Å². The molecule has 5 heteroatoms. The molecule has 5 rings (SSSR count). The maximum Gasteiger partial charge on any atom is 0.508 e. The second kappa shape index (κ2) is 5.96. The van der Waals surface area contributed by atoms with Gasteiger partial charge in [0.15, 0.2) is 0 Å². The van der Waals surface area contributed by atoms with E-state index in [1.165, 1.54) is 7.11 Å². The van der Waals surface area contributed by atoms with Crippen molar-refractivity contribution in [2.75, 3.05) is 7.11 Å². The third kappa shape index (κ3) is 2.17. The van der Waals surface area contributed by atoms with Crippen molar-refractivity contribution in [2.24, 2.45) is 39.9 Å². The van der Waals surface area contributed by atoms with Crippen molar-refractivity contribution in [1.29, 1.82) is 0 Å². The predicted molar refractivity (Wildman–Crippen MR) is 102 cm³/mol. The molecule has 5 nitrogen and oxygen atoms in total. The Morgan fingerprint density at radius 3 is 2.68 bits per heavy atom. The lowest BCUT2D eigenvalue weighted by atomic mass is 9.45. The van der Waals surface area contributed by atoms with Gasteiger partial charge in [-0.3, -0.25) is 4.79 Å². The van der Waals surface area contributed by atoms with Crippen molar-refractivity contribution in [3.8, 4) is 0 Å². The Labute approximate surface area is 167 Å². The van der Waals surface area contributed by atoms with E-state index in [2.05, 4.69) is 18.6 Å². The van der Waals surface area contributed by atoms with Crippen LogP contribution in [0.15, 0.2) is 0 Å². The highest BCUT2D eigenvalue weighted by molar-refractivity contribution is 5.92. The highest BCUT2D eigenvalue weighted by Crippen LogP contribution is 2.82. The van der Waals surface area contributed by atoms with Crippen molar-refractivity contribution in [3.05, 3.63) is 0 Å². The van der Waals surface area contributed by atoms with E-state index in [0.29, 0.717) is 30.0 Å². The van der Waals surface area contributed by atoms with Crippen LogP contribution in [0.3, 0.4) is 0 Å². The van der Waals surface area contributed by atoms with Crippen LogP contribution in [0.25, 0.3) is 0 Å². The molecule has 0 bridgehead atoms. The minimum atomic E-state index is -0.600. The molecule has 5 fully saturated rings. The van der Waals surface area contributed by atoms with Crippen LogP contribution in [0.1, 0.15) is 71.6 Å². The summed E-state index contributed by atoms with van der Waals surface area (Å²) in [7, 11) is 1.35. The predicted octanol–water partition coefficient (Wildman–Crippen LogP) is 4.11. The van der Waals surface area contributed by atoms with E-state index < -0.39 is 6.16 Å². The SMILES string of the molecule is CC[C@@]12C[C@@]13CCC1C(C3CC2=O)[C@@H](O)C[C@@H]2C[C@@H](OC(=O)OC)CC[C@]12C. The van der Waals surface area contributed by atoms with E-state index in [-0.39, 0.29) is 34.4 Å². The molecule has 0 aromatic carbocycles. The molecule has 0 saturated heterocycles. The van der Waals surface area contributed by atoms with Crippen LogP contribution in [0.5, 0.6) is 0 Å². The summed E-state index contributed by atoms with van der Waals surface area (Å²) in [6.45, 7) is 4.59. The molecule has 9 atom stereocenters. The molecule has 0 radical (unpaired) electrons. The molecular weight excluding hydrogens is 356 g/mol. The molecule has 5 aliphatic carbocycles. The zero-order valence-corrected chi connectivity index (χ0v) is 17.4. The largest absolute Gasteiger partial charge is 0.508 e. The molecule has 5 saturated carbocycles. The number of carbonyl (C=O) groups excluding carboxylic acids is 2. The molecule has 28 heavy (non-hydrogen) atoms. The van der Waals surface area contributed by atoms with Gasteiger partial charge in [0.25, 0.3) is 0 Å². The molecule has 0 heterocycles. The summed E-state index contributed by atoms with van der Waals surface area (Å²) in [5.41, 5.74) is 0.332. The first-order chi connectivity index (χ1) is 13.3. The minimum absolute atomic E-state index is 0.0495. The lowest BCUT2D eigenvalue weighted by Crippen LogP contribution is -2.57. The summed E-state index contributed by atoms with van der Waals surface area (Å²) in [6.07, 6.45) is 7.51. The molecule has 5 aliphatic rings. The fourth-order valence-electron chi connectivity index (χ4n) is 8.80. The monoisotopic (exact) mass is 390 g/mol. The van der Waals surface area contributed by atoms with E-state index in [1.807, 2.05) is 0 Å². The van der Waals surface area contributed by atoms with Crippen LogP contribution in [0.4, 0.5) is 4.79 Å². The Hall–Kier alpha value is -1.10. The number of hydrogen-bond acceptors (Lipinski definition) is 5. The lowest BCUT2D eigenvalue weighted by molar-refractivity contribution is -0.163. The van der Waals surface area contributed by atoms with Crippen molar-refractivity contribution >= 4 is 11.9 Å². The Kier molecular flexibility index (Phi) is 4.02. The maximum atomic E-state index is 12.9. The number of carbonyl (C=O) groups is 2. The summed E-state index contributed by atoms with van der Waals surface area (Å²) in [4.78, 5) is 24.4. The molecule has 1 N–H and O–H groups in total. The standard InChI is InChI=1S/C23H34O5/c1-4-22-12-23(22)8-6-15-19(16(23)11-18(22)25)17(24)10-13-9-14(28-20(26)27-3)5-7-21(13,15)2/h13-17,19,24H,4-12H2,1-3H3/t13-,14-,15?,16?,17-,19?,21-,22-,23+/m0/s1. The van der Waals surface area contributed by atoms with Gasteiger partial charge < -0.3 is 14.6 Å². The zero-order chi connectivity index (χ0) is 19.9. The van der Waals surface area contributed by atoms with Crippen molar-refractivity contribution in [3.63, 3.8) is 0 Å². The van der Waals surface area contributed by atoms with E-state index >= 15 is 0 Å². The minimum Gasteiger partial charge on any atom is -0.438 e. The summed E-state index contributed by atoms with van der Waals surface area (Å²) < 4.78 is 10.1. The molecule has 0 aromatic heterocycles. The average molecular weight is 391 g/mol. The number of rotatable bonds is 2. The van der Waals surface area contributed by atoms with E-state index in [4.69, 9.17) is 4.74 Å². The van der Waals surface area contributed by atoms with Crippen LogP contribution in [-0.4, -0.2) is 36.4 Å². The van der Waals surface area contributed by atoms with Gasteiger partial charge in [-0.05, 0) is 85.9 Å². The van der Waals surface area contributed by atoms with Crippen LogP contribution in [0.2, 0.25) is 0 Å². The fraction of sp³-hybridized carbons (Fsp3) is 0.913. The number of aliphatic hydroxyl groups is 1. The van der Waals surface area contributed by atoms with E-state index in [0.717, 1.165) is 51.4 Å². The summed E-state index contributed by atoms with van der Waals surface area (Å²) in [6, 6.07) is 0. The number of aliphatic hydroxyl groups excluding tert-OH is 1. The number of fused-ring (bicyclic) bond motifs is 4. The van der Waals surface area contributed by atoms with Crippen LogP contribution in [-0.2, 0) is 14.3 Å². The molecule has 0 aromatic rings. The Bertz CT molecular complexity index is 705. The van der Waals surface area contributed by atoms with Crippen molar-refractivity contribution in [1.82, 2.24) is 0 Å². The highest BCUT2D eigenvalue weighted by atomic mass is 16.7. The maximum absolute atomic E-state index is 12.9. The van der Waals surface area contributed by atoms with Crippen molar-refractivity contribution in [2.45, 2.75) is 83.8 Å². The Morgan fingerprint density at radius 2 is 2.00 bits per heavy atom. The molecule has 1 spiro atoms. The first-order valence-corrected chi connectivity index (χ1v) is 11.3. The smallest absolute Gasteiger partial charge is 0.438 e. The van der Waals surface area contributed by atoms with Gasteiger partial charge in [0.1, 0.15) is 11.9 Å². The number of ketones is 1. The topological polar surface area (TPSA) is 72.8 Å². The number of Topliss-reactive ketones (excluding diaryl/α,β-unsaturated/α-hetero) is 1. The van der Waals surface area contributed by atoms with Crippen LogP contribution >= 0.6 is 0 Å². The van der Waals surface area contributed by atoms with E-state index in [9.17, 15) is 14.7 Å². The quantitative estimate of drug-likeness (QED) is 0.718. The lowest BCUT2D eigenvalue weighted by Gasteiger charge is -2.60. The average Bonchev–Trinajstić information content (AvgIpc) is 3.27. The number of ether oxygens (including phenoxy) is 2. The van der Waals surface area contributed by atoms with E-state index in [1.54, 1.807) is 0 Å². The first-order valence-electron chi connectivity index (χ1n) is 11.3. The fourth-order valence-corrected chi connectivity index (χ4v) is 8.80. The Morgan fingerprint density at radius 1 is 1.21 bits per heavy atom. The summed E-state index contributed by atoms with van der Waals surface area (Å²) in [5, 5.41) is 11.3. The van der Waals surface area contributed by atoms with Crippen LogP contribution < -0.4 is 0 Å².